The number of cyclic esters (lactones) is 1. The monoisotopic (exact) mass is 334 g/mol. The van der Waals surface area contributed by atoms with Gasteiger partial charge in [0.1, 0.15) is 6.61 Å². The lowest BCUT2D eigenvalue weighted by Crippen LogP contribution is -2.25. The summed E-state index contributed by atoms with van der Waals surface area (Å²) in [6, 6.07) is 11.6. The average Bonchev–Trinajstić information content (AvgIpc) is 2.89. The molecule has 1 N–H and O–H groups in total. The standard InChI is InChI=1S/C19H14N2O4/c22-16-7-17(23)25-9-13-12(16)6-15-18-11(8-21(15)19(13)24)5-10-3-1-2-4-14(10)20-18/h1-6,16,22H,7-9H2. The van der Waals surface area contributed by atoms with Crippen LogP contribution in [0.1, 0.15) is 29.2 Å². The number of aliphatic hydroxyl groups excluding tert-OH is 1. The molecule has 5 rings (SSSR count). The summed E-state index contributed by atoms with van der Waals surface area (Å²) < 4.78 is 6.69. The quantitative estimate of drug-likeness (QED) is 0.497. The van der Waals surface area contributed by atoms with Gasteiger partial charge in [-0.15, -0.1) is 0 Å². The van der Waals surface area contributed by atoms with Gasteiger partial charge in [0.05, 0.1) is 41.5 Å². The van der Waals surface area contributed by atoms with Crippen molar-refractivity contribution in [2.24, 2.45) is 0 Å². The minimum Gasteiger partial charge on any atom is -0.460 e. The highest BCUT2D eigenvalue weighted by Crippen LogP contribution is 2.35. The van der Waals surface area contributed by atoms with E-state index in [2.05, 4.69) is 0 Å². The SMILES string of the molecule is O=C1CC(O)c2cc3n(c(=O)c2CO1)Cc1cc2ccccc2nc1-3. The number of pyridine rings is 2. The van der Waals surface area contributed by atoms with Crippen molar-refractivity contribution in [2.45, 2.75) is 25.7 Å². The molecule has 2 aliphatic heterocycles. The fourth-order valence-corrected chi connectivity index (χ4v) is 3.66. The Bertz CT molecular complexity index is 1120. The Hall–Kier alpha value is -2.99. The molecule has 4 heterocycles. The van der Waals surface area contributed by atoms with E-state index in [1.54, 1.807) is 10.6 Å². The number of para-hydroxylation sites is 1. The van der Waals surface area contributed by atoms with Crippen molar-refractivity contribution in [3.63, 3.8) is 0 Å². The molecule has 0 radical (unpaired) electrons. The number of benzene rings is 1. The van der Waals surface area contributed by atoms with Crippen LogP contribution in [-0.2, 0) is 22.7 Å². The van der Waals surface area contributed by atoms with Crippen LogP contribution >= 0.6 is 0 Å². The van der Waals surface area contributed by atoms with Gasteiger partial charge < -0.3 is 14.4 Å². The van der Waals surface area contributed by atoms with E-state index in [4.69, 9.17) is 9.72 Å². The van der Waals surface area contributed by atoms with Crippen LogP contribution in [0.2, 0.25) is 0 Å². The Morgan fingerprint density at radius 3 is 2.92 bits per heavy atom. The normalized spacial score (nSPS) is 18.3. The number of aliphatic hydroxyl groups is 1. The number of esters is 1. The number of rotatable bonds is 0. The molecule has 0 aliphatic carbocycles. The van der Waals surface area contributed by atoms with Crippen molar-refractivity contribution in [2.75, 3.05) is 0 Å². The second kappa shape index (κ2) is 5.00. The fourth-order valence-electron chi connectivity index (χ4n) is 3.66. The van der Waals surface area contributed by atoms with Crippen LogP contribution in [0, 0.1) is 0 Å². The molecule has 0 bridgehead atoms. The predicted molar refractivity (Wildman–Crippen MR) is 89.9 cm³/mol. The van der Waals surface area contributed by atoms with Gasteiger partial charge in [-0.2, -0.15) is 0 Å². The van der Waals surface area contributed by atoms with Crippen LogP contribution in [0.25, 0.3) is 22.3 Å². The number of nitrogens with zero attached hydrogens (tertiary/aromatic N) is 2. The lowest BCUT2D eigenvalue weighted by atomic mass is 10.0. The van der Waals surface area contributed by atoms with E-state index in [1.165, 1.54) is 0 Å². The van der Waals surface area contributed by atoms with Gasteiger partial charge in [-0.05, 0) is 23.8 Å². The average molecular weight is 334 g/mol. The van der Waals surface area contributed by atoms with Crippen molar-refractivity contribution in [1.29, 1.82) is 0 Å². The first-order valence-corrected chi connectivity index (χ1v) is 8.11. The third-order valence-corrected chi connectivity index (χ3v) is 4.91. The summed E-state index contributed by atoms with van der Waals surface area (Å²) in [5, 5.41) is 11.3. The predicted octanol–water partition coefficient (Wildman–Crippen LogP) is 1.91. The van der Waals surface area contributed by atoms with E-state index >= 15 is 0 Å². The van der Waals surface area contributed by atoms with Gasteiger partial charge in [0.25, 0.3) is 5.56 Å². The number of hydrogen-bond donors (Lipinski definition) is 1. The number of aromatic nitrogens is 2. The minimum absolute atomic E-state index is 0.101. The lowest BCUT2D eigenvalue weighted by Gasteiger charge is -2.13. The molecular weight excluding hydrogens is 320 g/mol. The smallest absolute Gasteiger partial charge is 0.309 e. The Labute approximate surface area is 142 Å². The van der Waals surface area contributed by atoms with Gasteiger partial charge in [-0.25, -0.2) is 4.98 Å². The van der Waals surface area contributed by atoms with Gasteiger partial charge >= 0.3 is 5.97 Å². The molecule has 0 saturated carbocycles. The Morgan fingerprint density at radius 2 is 2.04 bits per heavy atom. The molecule has 2 aromatic heterocycles. The number of fused-ring (bicyclic) bond motifs is 5. The van der Waals surface area contributed by atoms with Gasteiger partial charge in [-0.3, -0.25) is 9.59 Å². The van der Waals surface area contributed by atoms with Crippen molar-refractivity contribution in [3.8, 4) is 11.4 Å². The Morgan fingerprint density at radius 1 is 1.20 bits per heavy atom. The third kappa shape index (κ3) is 2.04. The molecule has 0 saturated heterocycles. The summed E-state index contributed by atoms with van der Waals surface area (Å²) in [6.07, 6.45) is -1.18. The maximum atomic E-state index is 12.9. The van der Waals surface area contributed by atoms with E-state index in [-0.39, 0.29) is 18.6 Å². The first-order valence-electron chi connectivity index (χ1n) is 8.11. The van der Waals surface area contributed by atoms with Crippen molar-refractivity contribution in [1.82, 2.24) is 9.55 Å². The summed E-state index contributed by atoms with van der Waals surface area (Å²) >= 11 is 0. The maximum absolute atomic E-state index is 12.9. The summed E-state index contributed by atoms with van der Waals surface area (Å²) in [4.78, 5) is 29.2. The highest BCUT2D eigenvalue weighted by Gasteiger charge is 2.30. The van der Waals surface area contributed by atoms with Gasteiger partial charge in [-0.1, -0.05) is 18.2 Å². The van der Waals surface area contributed by atoms with Crippen LogP contribution in [0.3, 0.4) is 0 Å². The van der Waals surface area contributed by atoms with Crippen molar-refractivity contribution >= 4 is 16.9 Å². The molecule has 25 heavy (non-hydrogen) atoms. The molecule has 6 nitrogen and oxygen atoms in total. The van der Waals surface area contributed by atoms with E-state index in [0.29, 0.717) is 23.4 Å². The molecule has 1 unspecified atom stereocenters. The first kappa shape index (κ1) is 14.4. The Kier molecular flexibility index (Phi) is 2.87. The molecule has 124 valence electrons. The van der Waals surface area contributed by atoms with E-state index in [1.807, 2.05) is 30.3 Å². The lowest BCUT2D eigenvalue weighted by molar-refractivity contribution is -0.146. The zero-order valence-corrected chi connectivity index (χ0v) is 13.2. The largest absolute Gasteiger partial charge is 0.460 e. The third-order valence-electron chi connectivity index (χ3n) is 4.91. The molecule has 1 aromatic carbocycles. The van der Waals surface area contributed by atoms with Crippen LogP contribution in [0.5, 0.6) is 0 Å². The zero-order valence-electron chi connectivity index (χ0n) is 13.2. The number of ether oxygens (including phenoxy) is 1. The van der Waals surface area contributed by atoms with Crippen molar-refractivity contribution in [3.05, 3.63) is 63.4 Å². The second-order valence-electron chi connectivity index (χ2n) is 6.42. The maximum Gasteiger partial charge on any atom is 0.309 e. The molecule has 0 amide bonds. The molecule has 3 aromatic rings. The molecular formula is C19H14N2O4. The number of hydrogen-bond acceptors (Lipinski definition) is 5. The number of carbonyl (C=O) groups is 1. The molecule has 1 atom stereocenters. The van der Waals surface area contributed by atoms with Gasteiger partial charge in [0.15, 0.2) is 0 Å². The molecule has 2 aliphatic rings. The van der Waals surface area contributed by atoms with E-state index in [9.17, 15) is 14.7 Å². The van der Waals surface area contributed by atoms with Gasteiger partial charge in [0, 0.05) is 10.9 Å². The van der Waals surface area contributed by atoms with Crippen molar-refractivity contribution < 1.29 is 14.6 Å². The fraction of sp³-hybridized carbons (Fsp3) is 0.211. The highest BCUT2D eigenvalue weighted by molar-refractivity contribution is 5.84. The van der Waals surface area contributed by atoms with Crippen LogP contribution < -0.4 is 5.56 Å². The summed E-state index contributed by atoms with van der Waals surface area (Å²) in [6.45, 7) is 0.328. The second-order valence-corrected chi connectivity index (χ2v) is 6.42. The Balaban J connectivity index is 1.77. The molecule has 6 heteroatoms. The summed E-state index contributed by atoms with van der Waals surface area (Å²) in [5.41, 5.74) is 3.84. The minimum atomic E-state index is -1.03. The van der Waals surface area contributed by atoms with Crippen LogP contribution in [0.15, 0.2) is 41.2 Å². The van der Waals surface area contributed by atoms with Gasteiger partial charge in [0.2, 0.25) is 0 Å². The van der Waals surface area contributed by atoms with Crippen LogP contribution in [-0.4, -0.2) is 20.6 Å². The first-order chi connectivity index (χ1) is 12.1. The van der Waals surface area contributed by atoms with Crippen LogP contribution in [0.4, 0.5) is 0 Å². The molecule has 0 fully saturated rings. The van der Waals surface area contributed by atoms with E-state index in [0.717, 1.165) is 22.2 Å². The zero-order chi connectivity index (χ0) is 17.1. The highest BCUT2D eigenvalue weighted by atomic mass is 16.5. The van der Waals surface area contributed by atoms with E-state index < -0.39 is 12.1 Å². The topological polar surface area (TPSA) is 81.4 Å². The molecule has 0 spiro atoms. The summed E-state index contributed by atoms with van der Waals surface area (Å²) in [7, 11) is 0. The summed E-state index contributed by atoms with van der Waals surface area (Å²) in [5.74, 6) is -0.502. The number of carbonyl (C=O) groups excluding carboxylic acids is 1.